The molecule has 2 fully saturated rings. The van der Waals surface area contributed by atoms with E-state index in [2.05, 4.69) is 14.8 Å². The predicted molar refractivity (Wildman–Crippen MR) is 103 cm³/mol. The summed E-state index contributed by atoms with van der Waals surface area (Å²) in [6.45, 7) is 7.75. The normalized spacial score (nSPS) is 21.1. The van der Waals surface area contributed by atoms with Crippen LogP contribution >= 0.6 is 0 Å². The first-order valence-electron chi connectivity index (χ1n) is 10.00. The summed E-state index contributed by atoms with van der Waals surface area (Å²) in [7, 11) is 0. The van der Waals surface area contributed by atoms with Gasteiger partial charge < -0.3 is 19.4 Å². The van der Waals surface area contributed by atoms with Gasteiger partial charge in [0.05, 0.1) is 12.5 Å². The number of carbonyl (C=O) groups is 2. The van der Waals surface area contributed by atoms with Gasteiger partial charge >= 0.3 is 5.97 Å². The molecule has 27 heavy (non-hydrogen) atoms. The number of piperazine rings is 1. The first-order valence-corrected chi connectivity index (χ1v) is 10.00. The maximum Gasteiger partial charge on any atom is 0.310 e. The molecule has 3 rings (SSSR count). The second kappa shape index (κ2) is 9.69. The second-order valence-corrected chi connectivity index (χ2v) is 7.20. The van der Waals surface area contributed by atoms with Gasteiger partial charge in [-0.15, -0.1) is 0 Å². The van der Waals surface area contributed by atoms with E-state index in [0.29, 0.717) is 19.6 Å². The lowest BCUT2D eigenvalue weighted by molar-refractivity contribution is -0.149. The van der Waals surface area contributed by atoms with Crippen molar-refractivity contribution in [1.29, 1.82) is 0 Å². The zero-order valence-corrected chi connectivity index (χ0v) is 16.2. The monoisotopic (exact) mass is 374 g/mol. The largest absolute Gasteiger partial charge is 0.466 e. The highest BCUT2D eigenvalue weighted by Crippen LogP contribution is 2.18. The minimum atomic E-state index is -0.0980. The number of esters is 1. The van der Waals surface area contributed by atoms with Crippen LogP contribution in [-0.4, -0.2) is 79.1 Å². The number of nitrogens with zero attached hydrogens (tertiary/aromatic N) is 4. The number of amides is 1. The zero-order chi connectivity index (χ0) is 19.1. The van der Waals surface area contributed by atoms with Crippen molar-refractivity contribution in [2.75, 3.05) is 57.3 Å². The molecule has 2 aliphatic rings. The van der Waals surface area contributed by atoms with Crippen LogP contribution in [0.15, 0.2) is 24.4 Å². The Bertz CT molecular complexity index is 617. The van der Waals surface area contributed by atoms with Crippen molar-refractivity contribution in [2.45, 2.75) is 26.2 Å². The molecule has 0 bridgehead atoms. The topological polar surface area (TPSA) is 66.0 Å². The third-order valence-corrected chi connectivity index (χ3v) is 5.37. The van der Waals surface area contributed by atoms with Crippen LogP contribution in [0.1, 0.15) is 26.2 Å². The smallest absolute Gasteiger partial charge is 0.310 e. The van der Waals surface area contributed by atoms with Gasteiger partial charge in [-0.25, -0.2) is 4.98 Å². The number of ether oxygens (including phenoxy) is 1. The summed E-state index contributed by atoms with van der Waals surface area (Å²) in [6.07, 6.45) is 4.19. The highest BCUT2D eigenvalue weighted by Gasteiger charge is 2.28. The SMILES string of the molecule is CCOC(=O)C1CCCN(CCC(=O)N2CCN(c3ccccn3)CC2)C1. The highest BCUT2D eigenvalue weighted by atomic mass is 16.5. The molecule has 1 atom stereocenters. The summed E-state index contributed by atoms with van der Waals surface area (Å²) in [4.78, 5) is 35.3. The molecule has 3 heterocycles. The van der Waals surface area contributed by atoms with E-state index in [1.54, 1.807) is 6.20 Å². The van der Waals surface area contributed by atoms with Gasteiger partial charge in [-0.3, -0.25) is 9.59 Å². The molecule has 148 valence electrons. The number of carbonyl (C=O) groups excluding carboxylic acids is 2. The summed E-state index contributed by atoms with van der Waals surface area (Å²) in [5.41, 5.74) is 0. The summed E-state index contributed by atoms with van der Waals surface area (Å²) >= 11 is 0. The predicted octanol–water partition coefficient (Wildman–Crippen LogP) is 1.40. The maximum atomic E-state index is 12.6. The Morgan fingerprint density at radius 2 is 2.00 bits per heavy atom. The van der Waals surface area contributed by atoms with Crippen molar-refractivity contribution in [3.05, 3.63) is 24.4 Å². The fourth-order valence-corrected chi connectivity index (χ4v) is 3.85. The van der Waals surface area contributed by atoms with Gasteiger partial charge in [0.1, 0.15) is 5.82 Å². The molecule has 1 amide bonds. The molecular weight excluding hydrogens is 344 g/mol. The van der Waals surface area contributed by atoms with E-state index >= 15 is 0 Å². The van der Waals surface area contributed by atoms with Crippen molar-refractivity contribution >= 4 is 17.7 Å². The standard InChI is InChI=1S/C20H30N4O3/c1-2-27-20(26)17-6-5-10-22(16-17)11-8-19(25)24-14-12-23(13-15-24)18-7-3-4-9-21-18/h3-4,7,9,17H,2,5-6,8,10-16H2,1H3. The Morgan fingerprint density at radius 3 is 2.70 bits per heavy atom. The fraction of sp³-hybridized carbons (Fsp3) is 0.650. The van der Waals surface area contributed by atoms with E-state index < -0.39 is 0 Å². The van der Waals surface area contributed by atoms with Gasteiger partial charge in [0.2, 0.25) is 5.91 Å². The molecule has 2 saturated heterocycles. The molecule has 0 saturated carbocycles. The minimum absolute atomic E-state index is 0.0456. The maximum absolute atomic E-state index is 12.6. The Kier molecular flexibility index (Phi) is 7.04. The molecule has 0 radical (unpaired) electrons. The van der Waals surface area contributed by atoms with E-state index in [4.69, 9.17) is 4.74 Å². The number of piperidine rings is 1. The van der Waals surface area contributed by atoms with Gasteiger partial charge in [0, 0.05) is 51.9 Å². The number of aromatic nitrogens is 1. The first kappa shape index (κ1) is 19.6. The molecule has 0 aromatic carbocycles. The second-order valence-electron chi connectivity index (χ2n) is 7.20. The van der Waals surface area contributed by atoms with Crippen LogP contribution in [-0.2, 0) is 14.3 Å². The molecular formula is C20H30N4O3. The van der Waals surface area contributed by atoms with E-state index in [1.807, 2.05) is 30.0 Å². The summed E-state index contributed by atoms with van der Waals surface area (Å²) in [6, 6.07) is 5.91. The lowest BCUT2D eigenvalue weighted by Gasteiger charge is -2.36. The number of rotatable bonds is 6. The van der Waals surface area contributed by atoms with Crippen LogP contribution in [0.3, 0.4) is 0 Å². The number of anilines is 1. The highest BCUT2D eigenvalue weighted by molar-refractivity contribution is 5.76. The molecule has 1 unspecified atom stereocenters. The Hall–Kier alpha value is -2.15. The van der Waals surface area contributed by atoms with Crippen molar-refractivity contribution < 1.29 is 14.3 Å². The molecule has 0 spiro atoms. The first-order chi connectivity index (χ1) is 13.2. The molecule has 2 aliphatic heterocycles. The quantitative estimate of drug-likeness (QED) is 0.701. The average molecular weight is 374 g/mol. The van der Waals surface area contributed by atoms with Crippen LogP contribution in [0.25, 0.3) is 0 Å². The Morgan fingerprint density at radius 1 is 1.19 bits per heavy atom. The third-order valence-electron chi connectivity index (χ3n) is 5.37. The lowest BCUT2D eigenvalue weighted by atomic mass is 9.98. The average Bonchev–Trinajstić information content (AvgIpc) is 2.73. The Balaban J connectivity index is 1.40. The molecule has 0 aliphatic carbocycles. The summed E-state index contributed by atoms with van der Waals surface area (Å²) < 4.78 is 5.15. The summed E-state index contributed by atoms with van der Waals surface area (Å²) in [5.74, 6) is 1.03. The number of hydrogen-bond donors (Lipinski definition) is 0. The summed E-state index contributed by atoms with van der Waals surface area (Å²) in [5, 5.41) is 0. The number of hydrogen-bond acceptors (Lipinski definition) is 6. The minimum Gasteiger partial charge on any atom is -0.466 e. The third kappa shape index (κ3) is 5.42. The van der Waals surface area contributed by atoms with Crippen LogP contribution < -0.4 is 4.90 Å². The Labute approximate surface area is 161 Å². The zero-order valence-electron chi connectivity index (χ0n) is 16.2. The van der Waals surface area contributed by atoms with Gasteiger partial charge in [-0.1, -0.05) is 6.07 Å². The van der Waals surface area contributed by atoms with Crippen LogP contribution in [0.2, 0.25) is 0 Å². The van der Waals surface area contributed by atoms with Gasteiger partial charge in [-0.2, -0.15) is 0 Å². The molecule has 7 nitrogen and oxygen atoms in total. The number of pyridine rings is 1. The van der Waals surface area contributed by atoms with Crippen molar-refractivity contribution in [3.8, 4) is 0 Å². The van der Waals surface area contributed by atoms with E-state index in [0.717, 1.165) is 57.9 Å². The van der Waals surface area contributed by atoms with Gasteiger partial charge in [0.25, 0.3) is 0 Å². The van der Waals surface area contributed by atoms with Crippen LogP contribution in [0, 0.1) is 5.92 Å². The van der Waals surface area contributed by atoms with Crippen molar-refractivity contribution in [3.63, 3.8) is 0 Å². The van der Waals surface area contributed by atoms with Gasteiger partial charge in [0.15, 0.2) is 0 Å². The molecule has 1 aromatic rings. The molecule has 7 heteroatoms. The van der Waals surface area contributed by atoms with Crippen LogP contribution in [0.4, 0.5) is 5.82 Å². The van der Waals surface area contributed by atoms with Gasteiger partial charge in [-0.05, 0) is 38.4 Å². The van der Waals surface area contributed by atoms with E-state index in [1.165, 1.54) is 0 Å². The molecule has 0 N–H and O–H groups in total. The van der Waals surface area contributed by atoms with E-state index in [-0.39, 0.29) is 17.8 Å². The van der Waals surface area contributed by atoms with Crippen molar-refractivity contribution in [1.82, 2.24) is 14.8 Å². The lowest BCUT2D eigenvalue weighted by Crippen LogP contribution is -2.49. The van der Waals surface area contributed by atoms with Crippen molar-refractivity contribution in [2.24, 2.45) is 5.92 Å². The van der Waals surface area contributed by atoms with E-state index in [9.17, 15) is 9.59 Å². The van der Waals surface area contributed by atoms with Crippen LogP contribution in [0.5, 0.6) is 0 Å². The number of likely N-dealkylation sites (tertiary alicyclic amines) is 1. The fourth-order valence-electron chi connectivity index (χ4n) is 3.85. The molecule has 1 aromatic heterocycles.